The Labute approximate surface area is 251 Å². The van der Waals surface area contributed by atoms with E-state index in [1.165, 1.54) is 17.0 Å². The Morgan fingerprint density at radius 3 is 2.30 bits per heavy atom. The van der Waals surface area contributed by atoms with Crippen LogP contribution >= 0.6 is 34.8 Å². The van der Waals surface area contributed by atoms with E-state index in [-0.39, 0.29) is 23.0 Å². The Hall–Kier alpha value is -2.78. The number of rotatable bonds is 12. The minimum absolute atomic E-state index is 0.0137. The van der Waals surface area contributed by atoms with Gasteiger partial charge < -0.3 is 10.2 Å². The van der Waals surface area contributed by atoms with Gasteiger partial charge in [-0.15, -0.1) is 0 Å². The third-order valence-corrected chi connectivity index (χ3v) is 9.24. The number of sulfonamides is 1. The van der Waals surface area contributed by atoms with Crippen LogP contribution in [0.3, 0.4) is 0 Å². The molecule has 0 bridgehead atoms. The number of anilines is 1. The van der Waals surface area contributed by atoms with Crippen LogP contribution in [-0.4, -0.2) is 44.3 Å². The quantitative estimate of drug-likeness (QED) is 0.234. The van der Waals surface area contributed by atoms with Crippen molar-refractivity contribution in [1.29, 1.82) is 0 Å². The average Bonchev–Trinajstić information content (AvgIpc) is 2.93. The first kappa shape index (κ1) is 31.7. The summed E-state index contributed by atoms with van der Waals surface area (Å²) in [5.74, 6) is -0.952. The van der Waals surface area contributed by atoms with Gasteiger partial charge in [-0.1, -0.05) is 78.5 Å². The topological polar surface area (TPSA) is 86.8 Å². The maximum absolute atomic E-state index is 14.0. The van der Waals surface area contributed by atoms with Gasteiger partial charge in [-0.3, -0.25) is 13.9 Å². The van der Waals surface area contributed by atoms with E-state index in [1.807, 2.05) is 6.92 Å². The molecular formula is C29H32Cl3N3O4S. The largest absolute Gasteiger partial charge is 0.354 e. The van der Waals surface area contributed by atoms with Crippen LogP contribution in [0.15, 0.2) is 71.6 Å². The second-order valence-corrected chi connectivity index (χ2v) is 12.4. The summed E-state index contributed by atoms with van der Waals surface area (Å²) in [5.41, 5.74) is 1.31. The first-order valence-corrected chi connectivity index (χ1v) is 15.4. The number of benzene rings is 3. The number of hydrogen-bond acceptors (Lipinski definition) is 4. The lowest BCUT2D eigenvalue weighted by molar-refractivity contribution is -0.139. The zero-order valence-electron chi connectivity index (χ0n) is 22.5. The highest BCUT2D eigenvalue weighted by Gasteiger charge is 2.33. The molecule has 3 aromatic carbocycles. The predicted molar refractivity (Wildman–Crippen MR) is 162 cm³/mol. The molecule has 11 heteroatoms. The first-order valence-electron chi connectivity index (χ1n) is 12.8. The van der Waals surface area contributed by atoms with Gasteiger partial charge in [-0.25, -0.2) is 8.42 Å². The van der Waals surface area contributed by atoms with Crippen LogP contribution in [0.25, 0.3) is 0 Å². The summed E-state index contributed by atoms with van der Waals surface area (Å²) in [5, 5.41) is 3.95. The number of nitrogens with one attached hydrogen (secondary N) is 1. The Morgan fingerprint density at radius 2 is 1.65 bits per heavy atom. The SMILES string of the molecule is CCCCNC(=O)[C@@H](C)N(Cc1ccc(Cl)cc1Cl)C(=O)CN(c1cccc(Cl)c1C)S(=O)(=O)c1ccccc1. The molecule has 40 heavy (non-hydrogen) atoms. The van der Waals surface area contributed by atoms with Crippen LogP contribution in [0.2, 0.25) is 15.1 Å². The van der Waals surface area contributed by atoms with Crippen LogP contribution in [0.1, 0.15) is 37.8 Å². The zero-order chi connectivity index (χ0) is 29.4. The van der Waals surface area contributed by atoms with Crippen molar-refractivity contribution in [3.63, 3.8) is 0 Å². The molecule has 3 rings (SSSR count). The van der Waals surface area contributed by atoms with Crippen molar-refractivity contribution in [3.05, 3.63) is 92.9 Å². The van der Waals surface area contributed by atoms with Gasteiger partial charge in [-0.05, 0) is 67.8 Å². The van der Waals surface area contributed by atoms with Crippen molar-refractivity contribution >= 4 is 62.3 Å². The molecule has 1 N–H and O–H groups in total. The highest BCUT2D eigenvalue weighted by Crippen LogP contribution is 2.31. The second kappa shape index (κ2) is 14.2. The third-order valence-electron chi connectivity index (χ3n) is 6.47. The van der Waals surface area contributed by atoms with E-state index in [2.05, 4.69) is 5.32 Å². The molecule has 0 radical (unpaired) electrons. The van der Waals surface area contributed by atoms with Crippen molar-refractivity contribution in [2.24, 2.45) is 0 Å². The number of nitrogens with zero attached hydrogens (tertiary/aromatic N) is 2. The molecular weight excluding hydrogens is 593 g/mol. The molecule has 0 saturated carbocycles. The zero-order valence-corrected chi connectivity index (χ0v) is 25.6. The summed E-state index contributed by atoms with van der Waals surface area (Å²) in [4.78, 5) is 28.4. The van der Waals surface area contributed by atoms with Gasteiger partial charge in [0.1, 0.15) is 12.6 Å². The molecule has 0 aliphatic carbocycles. The molecule has 0 aliphatic heterocycles. The summed E-state index contributed by atoms with van der Waals surface area (Å²) < 4.78 is 28.8. The van der Waals surface area contributed by atoms with E-state index < -0.39 is 28.5 Å². The van der Waals surface area contributed by atoms with Crippen molar-refractivity contribution in [3.8, 4) is 0 Å². The maximum atomic E-state index is 14.0. The molecule has 0 spiro atoms. The number of halogens is 3. The van der Waals surface area contributed by atoms with Crippen molar-refractivity contribution in [2.45, 2.75) is 51.1 Å². The van der Waals surface area contributed by atoms with Crippen LogP contribution in [0.5, 0.6) is 0 Å². The summed E-state index contributed by atoms with van der Waals surface area (Å²) in [6, 6.07) is 16.6. The standard InChI is InChI=1S/C29H32Cl3N3O4S/c1-4-5-16-33-29(37)21(3)34(18-22-14-15-23(30)17-26(22)32)28(36)19-35(27-13-9-12-25(31)20(27)2)40(38,39)24-10-7-6-8-11-24/h6-15,17,21H,4-5,16,18-19H2,1-3H3,(H,33,37)/t21-/m1/s1. The lowest BCUT2D eigenvalue weighted by atomic mass is 10.1. The number of carbonyl (C=O) groups excluding carboxylic acids is 2. The van der Waals surface area contributed by atoms with Crippen molar-refractivity contribution < 1.29 is 18.0 Å². The van der Waals surface area contributed by atoms with Crippen LogP contribution in [0.4, 0.5) is 5.69 Å². The highest BCUT2D eigenvalue weighted by atomic mass is 35.5. The molecule has 0 fully saturated rings. The van der Waals surface area contributed by atoms with E-state index in [1.54, 1.807) is 68.4 Å². The number of hydrogen-bond donors (Lipinski definition) is 1. The van der Waals surface area contributed by atoms with Crippen molar-refractivity contribution in [1.82, 2.24) is 10.2 Å². The minimum Gasteiger partial charge on any atom is -0.354 e. The van der Waals surface area contributed by atoms with Crippen LogP contribution < -0.4 is 9.62 Å². The molecule has 7 nitrogen and oxygen atoms in total. The van der Waals surface area contributed by atoms with E-state index >= 15 is 0 Å². The molecule has 0 saturated heterocycles. The number of amides is 2. The van der Waals surface area contributed by atoms with Gasteiger partial charge in [-0.2, -0.15) is 0 Å². The lowest BCUT2D eigenvalue weighted by Crippen LogP contribution is -2.51. The Morgan fingerprint density at radius 1 is 0.950 bits per heavy atom. The molecule has 0 unspecified atom stereocenters. The molecule has 3 aromatic rings. The Kier molecular flexibility index (Phi) is 11.3. The van der Waals surface area contributed by atoms with Gasteiger partial charge >= 0.3 is 0 Å². The van der Waals surface area contributed by atoms with E-state index in [4.69, 9.17) is 34.8 Å². The summed E-state index contributed by atoms with van der Waals surface area (Å²) in [6.45, 7) is 5.14. The molecule has 0 aromatic heterocycles. The fourth-order valence-electron chi connectivity index (χ4n) is 4.05. The first-order chi connectivity index (χ1) is 19.0. The van der Waals surface area contributed by atoms with Gasteiger partial charge in [0.15, 0.2) is 0 Å². The monoisotopic (exact) mass is 623 g/mol. The van der Waals surface area contributed by atoms with E-state index in [0.717, 1.165) is 17.1 Å². The Bertz CT molecular complexity index is 1450. The average molecular weight is 625 g/mol. The fourth-order valence-corrected chi connectivity index (χ4v) is 6.18. The number of unbranched alkanes of at least 4 members (excludes halogenated alkanes) is 1. The van der Waals surface area contributed by atoms with Gasteiger partial charge in [0, 0.05) is 28.2 Å². The molecule has 2 amide bonds. The van der Waals surface area contributed by atoms with Gasteiger partial charge in [0.25, 0.3) is 10.0 Å². The molecule has 0 aliphatic rings. The normalized spacial score (nSPS) is 12.1. The fraction of sp³-hybridized carbons (Fsp3) is 0.310. The number of carbonyl (C=O) groups is 2. The van der Waals surface area contributed by atoms with E-state index in [0.29, 0.717) is 32.7 Å². The summed E-state index contributed by atoms with van der Waals surface area (Å²) in [6.07, 6.45) is 1.68. The van der Waals surface area contributed by atoms with Crippen LogP contribution in [-0.2, 0) is 26.2 Å². The minimum atomic E-state index is -4.19. The van der Waals surface area contributed by atoms with Crippen LogP contribution in [0, 0.1) is 6.92 Å². The maximum Gasteiger partial charge on any atom is 0.264 e. The molecule has 214 valence electrons. The lowest BCUT2D eigenvalue weighted by Gasteiger charge is -2.32. The van der Waals surface area contributed by atoms with Gasteiger partial charge in [0.2, 0.25) is 11.8 Å². The molecule has 0 heterocycles. The summed E-state index contributed by atoms with van der Waals surface area (Å²) >= 11 is 18.8. The third kappa shape index (κ3) is 7.69. The smallest absolute Gasteiger partial charge is 0.264 e. The van der Waals surface area contributed by atoms with Gasteiger partial charge in [0.05, 0.1) is 10.6 Å². The highest BCUT2D eigenvalue weighted by molar-refractivity contribution is 7.92. The Balaban J connectivity index is 2.05. The molecule has 1 atom stereocenters. The van der Waals surface area contributed by atoms with Crippen molar-refractivity contribution in [2.75, 3.05) is 17.4 Å². The summed E-state index contributed by atoms with van der Waals surface area (Å²) in [7, 11) is -4.19. The van der Waals surface area contributed by atoms with E-state index in [9.17, 15) is 18.0 Å². The predicted octanol–water partition coefficient (Wildman–Crippen LogP) is 6.48. The second-order valence-electron chi connectivity index (χ2n) is 9.29.